The van der Waals surface area contributed by atoms with Crippen molar-refractivity contribution in [2.45, 2.75) is 13.8 Å². The van der Waals surface area contributed by atoms with Gasteiger partial charge in [-0.1, -0.05) is 35.9 Å². The molecule has 0 radical (unpaired) electrons. The number of rotatable bonds is 5. The largest absolute Gasteiger partial charge is 0.376 e. The van der Waals surface area contributed by atoms with E-state index in [4.69, 9.17) is 11.6 Å². The molecule has 2 rings (SSSR count). The van der Waals surface area contributed by atoms with Gasteiger partial charge in [-0.15, -0.1) is 0 Å². The Morgan fingerprint density at radius 1 is 1.18 bits per heavy atom. The molecule has 0 spiro atoms. The Morgan fingerprint density at radius 3 is 2.59 bits per heavy atom. The predicted molar refractivity (Wildman–Crippen MR) is 91.5 cm³/mol. The summed E-state index contributed by atoms with van der Waals surface area (Å²) >= 11 is 5.84. The maximum absolute atomic E-state index is 11.8. The van der Waals surface area contributed by atoms with E-state index in [0.717, 1.165) is 22.5 Å². The molecule has 0 saturated heterocycles. The maximum Gasteiger partial charge on any atom is 0.259 e. The average molecular weight is 316 g/mol. The molecule has 0 atom stereocenters. The minimum absolute atomic E-state index is 0.168. The minimum Gasteiger partial charge on any atom is -0.376 e. The molecule has 22 heavy (non-hydrogen) atoms. The van der Waals surface area contributed by atoms with Crippen LogP contribution in [0.15, 0.2) is 53.6 Å². The van der Waals surface area contributed by atoms with Crippen LogP contribution in [0.4, 0.5) is 5.69 Å². The first kappa shape index (κ1) is 16.0. The van der Waals surface area contributed by atoms with Crippen molar-refractivity contribution in [1.29, 1.82) is 0 Å². The van der Waals surface area contributed by atoms with Crippen LogP contribution in [0.2, 0.25) is 5.02 Å². The molecule has 2 aromatic rings. The summed E-state index contributed by atoms with van der Waals surface area (Å²) in [5.74, 6) is -0.199. The topological polar surface area (TPSA) is 53.5 Å². The van der Waals surface area contributed by atoms with Crippen LogP contribution in [0, 0.1) is 6.92 Å². The van der Waals surface area contributed by atoms with E-state index < -0.39 is 0 Å². The van der Waals surface area contributed by atoms with Crippen LogP contribution in [-0.4, -0.2) is 18.2 Å². The van der Waals surface area contributed by atoms with Crippen molar-refractivity contribution >= 4 is 28.9 Å². The number of carbonyl (C=O) groups excluding carboxylic acids is 1. The van der Waals surface area contributed by atoms with Crippen molar-refractivity contribution in [2.75, 3.05) is 11.9 Å². The minimum atomic E-state index is -0.199. The van der Waals surface area contributed by atoms with E-state index in [1.165, 1.54) is 0 Å². The number of nitrogens with zero attached hydrogens (tertiary/aromatic N) is 1. The molecule has 2 N–H and O–H groups in total. The third-order valence-electron chi connectivity index (χ3n) is 3.08. The molecule has 0 bridgehead atoms. The summed E-state index contributed by atoms with van der Waals surface area (Å²) in [5, 5.41) is 7.81. The highest BCUT2D eigenvalue weighted by Crippen LogP contribution is 2.10. The highest BCUT2D eigenvalue weighted by Gasteiger charge is 2.02. The van der Waals surface area contributed by atoms with Gasteiger partial charge in [-0.3, -0.25) is 4.79 Å². The lowest BCUT2D eigenvalue weighted by molar-refractivity contribution is -0.119. The van der Waals surface area contributed by atoms with Crippen LogP contribution in [0.1, 0.15) is 18.1 Å². The van der Waals surface area contributed by atoms with Crippen molar-refractivity contribution < 1.29 is 4.79 Å². The Bertz CT molecular complexity index is 681. The fourth-order valence-electron chi connectivity index (χ4n) is 1.88. The Hall–Kier alpha value is -2.33. The van der Waals surface area contributed by atoms with Gasteiger partial charge >= 0.3 is 0 Å². The predicted octanol–water partition coefficient (Wildman–Crippen LogP) is 3.60. The lowest BCUT2D eigenvalue weighted by Crippen LogP contribution is -2.26. The van der Waals surface area contributed by atoms with Gasteiger partial charge in [0, 0.05) is 10.7 Å². The number of nitrogens with one attached hydrogen (secondary N) is 2. The van der Waals surface area contributed by atoms with E-state index in [0.29, 0.717) is 5.02 Å². The van der Waals surface area contributed by atoms with Crippen molar-refractivity contribution in [1.82, 2.24) is 5.43 Å². The van der Waals surface area contributed by atoms with E-state index in [2.05, 4.69) is 15.8 Å². The van der Waals surface area contributed by atoms with Crippen molar-refractivity contribution in [3.05, 3.63) is 64.7 Å². The van der Waals surface area contributed by atoms with Gasteiger partial charge < -0.3 is 5.32 Å². The van der Waals surface area contributed by atoms with Crippen molar-refractivity contribution in [2.24, 2.45) is 5.10 Å². The lowest BCUT2D eigenvalue weighted by atomic mass is 10.1. The van der Waals surface area contributed by atoms with Crippen molar-refractivity contribution in [3.8, 4) is 0 Å². The van der Waals surface area contributed by atoms with Crippen LogP contribution in [0.25, 0.3) is 0 Å². The second-order valence-corrected chi connectivity index (χ2v) is 5.40. The first-order valence-electron chi connectivity index (χ1n) is 6.94. The lowest BCUT2D eigenvalue weighted by Gasteiger charge is -2.07. The normalized spacial score (nSPS) is 11.1. The number of aryl methyl sites for hydroxylation is 1. The molecule has 4 nitrogen and oxygen atoms in total. The maximum atomic E-state index is 11.8. The molecule has 114 valence electrons. The van der Waals surface area contributed by atoms with Gasteiger partial charge in [0.25, 0.3) is 5.91 Å². The molecule has 0 aromatic heterocycles. The molecule has 5 heteroatoms. The zero-order chi connectivity index (χ0) is 15.9. The molecule has 0 saturated carbocycles. The Balaban J connectivity index is 1.86. The Kier molecular flexibility index (Phi) is 5.55. The van der Waals surface area contributed by atoms with Gasteiger partial charge in [-0.05, 0) is 49.2 Å². The number of benzene rings is 2. The van der Waals surface area contributed by atoms with E-state index in [1.807, 2.05) is 50.2 Å². The van der Waals surface area contributed by atoms with Gasteiger partial charge in [0.05, 0.1) is 12.3 Å². The summed E-state index contributed by atoms with van der Waals surface area (Å²) < 4.78 is 0. The first-order valence-corrected chi connectivity index (χ1v) is 7.32. The van der Waals surface area contributed by atoms with E-state index in [1.54, 1.807) is 12.1 Å². The van der Waals surface area contributed by atoms with Crippen LogP contribution < -0.4 is 10.7 Å². The fraction of sp³-hybridized carbons (Fsp3) is 0.176. The molecular formula is C17H18ClN3O. The number of hydrazone groups is 1. The van der Waals surface area contributed by atoms with Crippen LogP contribution in [-0.2, 0) is 4.79 Å². The van der Waals surface area contributed by atoms with Gasteiger partial charge in [0.15, 0.2) is 0 Å². The Labute approximate surface area is 135 Å². The highest BCUT2D eigenvalue weighted by molar-refractivity contribution is 6.30. The van der Waals surface area contributed by atoms with Crippen LogP contribution in [0.5, 0.6) is 0 Å². The van der Waals surface area contributed by atoms with E-state index in [-0.39, 0.29) is 12.5 Å². The standard InChI is InChI=1S/C17H18ClN3O/c1-12-4-3-5-16(10-12)19-11-17(22)21-20-13(2)14-6-8-15(18)9-7-14/h3-10,19H,11H2,1-2H3,(H,21,22). The first-order chi connectivity index (χ1) is 10.5. The second-order valence-electron chi connectivity index (χ2n) is 4.96. The number of anilines is 1. The summed E-state index contributed by atoms with van der Waals surface area (Å²) in [4.78, 5) is 11.8. The summed E-state index contributed by atoms with van der Waals surface area (Å²) in [7, 11) is 0. The summed E-state index contributed by atoms with van der Waals surface area (Å²) in [6, 6.07) is 15.1. The third kappa shape index (κ3) is 4.90. The summed E-state index contributed by atoms with van der Waals surface area (Å²) in [6.45, 7) is 4.00. The second kappa shape index (κ2) is 7.61. The van der Waals surface area contributed by atoms with E-state index >= 15 is 0 Å². The molecule has 0 aliphatic carbocycles. The number of halogens is 1. The van der Waals surface area contributed by atoms with Gasteiger partial charge in [0.2, 0.25) is 0 Å². The quantitative estimate of drug-likeness (QED) is 0.654. The Morgan fingerprint density at radius 2 is 1.91 bits per heavy atom. The van der Waals surface area contributed by atoms with Gasteiger partial charge in [-0.25, -0.2) is 5.43 Å². The molecule has 0 aliphatic heterocycles. The number of hydrogen-bond acceptors (Lipinski definition) is 3. The monoisotopic (exact) mass is 315 g/mol. The summed E-state index contributed by atoms with van der Waals surface area (Å²) in [6.07, 6.45) is 0. The van der Waals surface area contributed by atoms with Gasteiger partial charge in [0.1, 0.15) is 0 Å². The molecule has 0 unspecified atom stereocenters. The zero-order valence-corrected chi connectivity index (χ0v) is 13.3. The molecule has 0 aliphatic rings. The molecule has 1 amide bonds. The zero-order valence-electron chi connectivity index (χ0n) is 12.6. The number of carbonyl (C=O) groups is 1. The molecule has 2 aromatic carbocycles. The fourth-order valence-corrected chi connectivity index (χ4v) is 2.00. The highest BCUT2D eigenvalue weighted by atomic mass is 35.5. The van der Waals surface area contributed by atoms with Gasteiger partial charge in [-0.2, -0.15) is 5.10 Å². The SMILES string of the molecule is CC(=NNC(=O)CNc1cccc(C)c1)c1ccc(Cl)cc1. The van der Waals surface area contributed by atoms with Crippen LogP contribution in [0.3, 0.4) is 0 Å². The number of hydrogen-bond donors (Lipinski definition) is 2. The van der Waals surface area contributed by atoms with Crippen molar-refractivity contribution in [3.63, 3.8) is 0 Å². The van der Waals surface area contributed by atoms with E-state index in [9.17, 15) is 4.79 Å². The molecule has 0 heterocycles. The smallest absolute Gasteiger partial charge is 0.259 e. The summed E-state index contributed by atoms with van der Waals surface area (Å²) in [5.41, 5.74) is 6.22. The third-order valence-corrected chi connectivity index (χ3v) is 3.33. The van der Waals surface area contributed by atoms with Crippen LogP contribution >= 0.6 is 11.6 Å². The number of amides is 1. The molecular weight excluding hydrogens is 298 g/mol. The molecule has 0 fully saturated rings. The average Bonchev–Trinajstić information content (AvgIpc) is 2.51.